The lowest BCUT2D eigenvalue weighted by Gasteiger charge is -2.14. The summed E-state index contributed by atoms with van der Waals surface area (Å²) in [6, 6.07) is 9.78. The van der Waals surface area contributed by atoms with Crippen molar-refractivity contribution < 1.29 is 4.52 Å². The van der Waals surface area contributed by atoms with Gasteiger partial charge >= 0.3 is 0 Å². The first kappa shape index (κ1) is 13.5. The lowest BCUT2D eigenvalue weighted by atomic mass is 10.1. The van der Waals surface area contributed by atoms with E-state index in [1.807, 2.05) is 34.9 Å². The predicted molar refractivity (Wildman–Crippen MR) is 77.4 cm³/mol. The van der Waals surface area contributed by atoms with E-state index in [9.17, 15) is 0 Å². The minimum Gasteiger partial charge on any atom is -0.339 e. The maximum atomic E-state index is 6.32. The van der Waals surface area contributed by atoms with E-state index in [4.69, 9.17) is 10.3 Å². The highest BCUT2D eigenvalue weighted by Gasteiger charge is 2.14. The molecule has 0 aliphatic carbocycles. The molecule has 1 atom stereocenters. The van der Waals surface area contributed by atoms with Gasteiger partial charge in [-0.05, 0) is 12.5 Å². The predicted octanol–water partition coefficient (Wildman–Crippen LogP) is 1.87. The highest BCUT2D eigenvalue weighted by atomic mass is 16.5. The number of nitrogens with zero attached hydrogens (tertiary/aromatic N) is 4. The second-order valence-corrected chi connectivity index (χ2v) is 4.89. The van der Waals surface area contributed by atoms with Crippen LogP contribution >= 0.6 is 0 Å². The van der Waals surface area contributed by atoms with Gasteiger partial charge in [0.25, 0.3) is 0 Å². The van der Waals surface area contributed by atoms with Crippen molar-refractivity contribution in [3.05, 3.63) is 65.8 Å². The monoisotopic (exact) mass is 283 g/mol. The average Bonchev–Trinajstić information content (AvgIpc) is 3.14. The van der Waals surface area contributed by atoms with Crippen molar-refractivity contribution in [3.8, 4) is 0 Å². The van der Waals surface area contributed by atoms with Crippen molar-refractivity contribution in [2.75, 3.05) is 0 Å². The number of aryl methyl sites for hydroxylation is 3. The molecule has 2 N–H and O–H groups in total. The molecule has 1 aromatic carbocycles. The number of aromatic nitrogens is 4. The summed E-state index contributed by atoms with van der Waals surface area (Å²) in [5.41, 5.74) is 8.36. The van der Waals surface area contributed by atoms with E-state index < -0.39 is 0 Å². The van der Waals surface area contributed by atoms with Gasteiger partial charge in [0, 0.05) is 13.0 Å². The van der Waals surface area contributed by atoms with Crippen LogP contribution in [0.15, 0.2) is 47.4 Å². The van der Waals surface area contributed by atoms with Crippen LogP contribution in [0.2, 0.25) is 0 Å². The van der Waals surface area contributed by atoms with E-state index in [-0.39, 0.29) is 6.04 Å². The Balaban J connectivity index is 1.74. The number of imidazole rings is 1. The van der Waals surface area contributed by atoms with Crippen LogP contribution in [-0.4, -0.2) is 19.7 Å². The molecular formula is C15H17N5O. The Morgan fingerprint density at radius 1 is 1.29 bits per heavy atom. The van der Waals surface area contributed by atoms with Gasteiger partial charge in [-0.25, -0.2) is 4.98 Å². The molecule has 1 unspecified atom stereocenters. The summed E-state index contributed by atoms with van der Waals surface area (Å²) in [5.74, 6) is 1.28. The molecule has 6 heteroatoms. The van der Waals surface area contributed by atoms with Crippen molar-refractivity contribution in [1.29, 1.82) is 0 Å². The van der Waals surface area contributed by atoms with Crippen LogP contribution in [0.3, 0.4) is 0 Å². The van der Waals surface area contributed by atoms with Crippen molar-refractivity contribution >= 4 is 0 Å². The van der Waals surface area contributed by atoms with Crippen LogP contribution in [0.1, 0.15) is 29.0 Å². The highest BCUT2D eigenvalue weighted by molar-refractivity contribution is 5.26. The first-order valence-corrected chi connectivity index (χ1v) is 6.84. The summed E-state index contributed by atoms with van der Waals surface area (Å²) in [5, 5.41) is 3.79. The lowest BCUT2D eigenvalue weighted by molar-refractivity contribution is 0.367. The zero-order valence-corrected chi connectivity index (χ0v) is 11.8. The third-order valence-corrected chi connectivity index (χ3v) is 3.36. The first-order valence-electron chi connectivity index (χ1n) is 6.84. The van der Waals surface area contributed by atoms with Crippen LogP contribution in [0.5, 0.6) is 0 Å². The van der Waals surface area contributed by atoms with Crippen molar-refractivity contribution in [1.82, 2.24) is 19.7 Å². The van der Waals surface area contributed by atoms with E-state index in [2.05, 4.69) is 15.1 Å². The zero-order valence-electron chi connectivity index (χ0n) is 11.8. The molecule has 0 aliphatic heterocycles. The van der Waals surface area contributed by atoms with Crippen molar-refractivity contribution in [3.63, 3.8) is 0 Å². The standard InChI is InChI=1S/C15H17N5O/c1-11-18-14(21-19-11)7-8-20-10-17-9-13(20)15(16)12-5-3-2-4-6-12/h2-6,9-10,15H,7-8,16H2,1H3. The van der Waals surface area contributed by atoms with Crippen LogP contribution in [0.4, 0.5) is 0 Å². The summed E-state index contributed by atoms with van der Waals surface area (Å²) in [6.07, 6.45) is 4.24. The molecule has 21 heavy (non-hydrogen) atoms. The highest BCUT2D eigenvalue weighted by Crippen LogP contribution is 2.19. The van der Waals surface area contributed by atoms with Gasteiger partial charge in [-0.2, -0.15) is 4.98 Å². The Hall–Kier alpha value is -2.47. The van der Waals surface area contributed by atoms with Crippen LogP contribution in [0.25, 0.3) is 0 Å². The Bertz CT molecular complexity index is 704. The van der Waals surface area contributed by atoms with Crippen LogP contribution in [0, 0.1) is 6.92 Å². The van der Waals surface area contributed by atoms with Crippen LogP contribution in [-0.2, 0) is 13.0 Å². The lowest BCUT2D eigenvalue weighted by Crippen LogP contribution is -2.17. The maximum Gasteiger partial charge on any atom is 0.228 e. The number of hydrogen-bond acceptors (Lipinski definition) is 5. The zero-order chi connectivity index (χ0) is 14.7. The number of benzene rings is 1. The van der Waals surface area contributed by atoms with E-state index in [1.54, 1.807) is 19.4 Å². The maximum absolute atomic E-state index is 6.32. The summed E-state index contributed by atoms with van der Waals surface area (Å²) < 4.78 is 7.15. The third-order valence-electron chi connectivity index (χ3n) is 3.36. The quantitative estimate of drug-likeness (QED) is 0.772. The van der Waals surface area contributed by atoms with Gasteiger partial charge in [0.2, 0.25) is 5.89 Å². The van der Waals surface area contributed by atoms with Gasteiger partial charge in [0.15, 0.2) is 5.82 Å². The molecule has 2 aromatic heterocycles. The molecule has 0 fully saturated rings. The van der Waals surface area contributed by atoms with Crippen LogP contribution < -0.4 is 5.73 Å². The first-order chi connectivity index (χ1) is 10.2. The second kappa shape index (κ2) is 5.88. The molecule has 0 spiro atoms. The second-order valence-electron chi connectivity index (χ2n) is 4.89. The molecule has 3 rings (SSSR count). The van der Waals surface area contributed by atoms with Crippen molar-refractivity contribution in [2.45, 2.75) is 25.9 Å². The van der Waals surface area contributed by atoms with Gasteiger partial charge < -0.3 is 14.8 Å². The molecule has 108 valence electrons. The topological polar surface area (TPSA) is 82.8 Å². The molecular weight excluding hydrogens is 266 g/mol. The van der Waals surface area contributed by atoms with Gasteiger partial charge in [0.1, 0.15) is 0 Å². The minimum absolute atomic E-state index is 0.196. The van der Waals surface area contributed by atoms with Gasteiger partial charge in [-0.15, -0.1) is 0 Å². The molecule has 0 bridgehead atoms. The number of nitrogens with two attached hydrogens (primary N) is 1. The Morgan fingerprint density at radius 3 is 2.81 bits per heavy atom. The Labute approximate surface area is 122 Å². The third kappa shape index (κ3) is 3.00. The summed E-state index contributed by atoms with van der Waals surface area (Å²) in [4.78, 5) is 8.40. The van der Waals surface area contributed by atoms with Gasteiger partial charge in [0.05, 0.1) is 24.3 Å². The number of hydrogen-bond donors (Lipinski definition) is 1. The normalized spacial score (nSPS) is 12.5. The SMILES string of the molecule is Cc1noc(CCn2cncc2C(N)c2ccccc2)n1. The summed E-state index contributed by atoms with van der Waals surface area (Å²) in [7, 11) is 0. The molecule has 0 radical (unpaired) electrons. The summed E-state index contributed by atoms with van der Waals surface area (Å²) >= 11 is 0. The average molecular weight is 283 g/mol. The Morgan fingerprint density at radius 2 is 2.10 bits per heavy atom. The van der Waals surface area contributed by atoms with E-state index >= 15 is 0 Å². The smallest absolute Gasteiger partial charge is 0.228 e. The summed E-state index contributed by atoms with van der Waals surface area (Å²) in [6.45, 7) is 2.51. The molecule has 0 saturated carbocycles. The molecule has 0 saturated heterocycles. The molecule has 6 nitrogen and oxygen atoms in total. The minimum atomic E-state index is -0.196. The largest absolute Gasteiger partial charge is 0.339 e. The van der Waals surface area contributed by atoms with Gasteiger partial charge in [-0.3, -0.25) is 0 Å². The molecule has 3 aromatic rings. The van der Waals surface area contributed by atoms with Crippen molar-refractivity contribution in [2.24, 2.45) is 5.73 Å². The Kier molecular flexibility index (Phi) is 3.79. The van der Waals surface area contributed by atoms with E-state index in [1.165, 1.54) is 0 Å². The van der Waals surface area contributed by atoms with E-state index in [0.717, 1.165) is 11.3 Å². The fourth-order valence-electron chi connectivity index (χ4n) is 2.27. The fraction of sp³-hybridized carbons (Fsp3) is 0.267. The molecule has 0 amide bonds. The fourth-order valence-corrected chi connectivity index (χ4v) is 2.27. The molecule has 2 heterocycles. The number of rotatable bonds is 5. The van der Waals surface area contributed by atoms with E-state index in [0.29, 0.717) is 24.7 Å². The molecule has 0 aliphatic rings. The van der Waals surface area contributed by atoms with Gasteiger partial charge in [-0.1, -0.05) is 35.5 Å².